The fourth-order valence-electron chi connectivity index (χ4n) is 0.492. The number of hydrogen-bond donors (Lipinski definition) is 0. The van der Waals surface area contributed by atoms with Gasteiger partial charge in [-0.05, 0) is 6.42 Å². The topological polar surface area (TPSA) is 20.3 Å². The summed E-state index contributed by atoms with van der Waals surface area (Å²) in [4.78, 5) is 10.9. The number of hydrogen-bond acceptors (Lipinski definition) is 1. The molecule has 1 aliphatic rings. The molecule has 0 saturated carbocycles. The lowest BCUT2D eigenvalue weighted by atomic mass is 10.2. The van der Waals surface area contributed by atoms with Crippen LogP contribution in [-0.2, 0) is 0 Å². The Balaban J connectivity index is 2.27. The maximum atomic E-state index is 11.4. The highest BCUT2D eigenvalue weighted by atomic mass is 19.1. The summed E-state index contributed by atoms with van der Waals surface area (Å²) in [5, 5.41) is 0. The molecule has 0 aromatic rings. The minimum Gasteiger partial charge on any atom is -0.315 e. The third-order valence-electron chi connectivity index (χ3n) is 1.10. The molecule has 3 heteroatoms. The number of carbonyl (C=O) groups excluding carboxylic acids is 1. The standard InChI is InChI=1S/C4H6FNO/c5-4(7)6-2-1-3-6/h1-3H2. The van der Waals surface area contributed by atoms with Gasteiger partial charge in [0.05, 0.1) is 0 Å². The molecule has 0 bridgehead atoms. The molecule has 0 unspecified atom stereocenters. The highest BCUT2D eigenvalue weighted by Crippen LogP contribution is 2.06. The van der Waals surface area contributed by atoms with E-state index < -0.39 is 6.16 Å². The van der Waals surface area contributed by atoms with Crippen molar-refractivity contribution in [2.24, 2.45) is 0 Å². The summed E-state index contributed by atoms with van der Waals surface area (Å²) in [5.41, 5.74) is 0. The lowest BCUT2D eigenvalue weighted by Gasteiger charge is -2.26. The molecule has 1 rings (SSSR count). The molecular weight excluding hydrogens is 97.0 g/mol. The molecule has 1 heterocycles. The van der Waals surface area contributed by atoms with Crippen LogP contribution in [0.4, 0.5) is 9.18 Å². The second-order valence-electron chi connectivity index (χ2n) is 1.59. The number of carbonyl (C=O) groups is 1. The molecular formula is C4H6FNO. The first kappa shape index (κ1) is 4.56. The van der Waals surface area contributed by atoms with E-state index in [1.54, 1.807) is 0 Å². The van der Waals surface area contributed by atoms with Crippen LogP contribution in [0.5, 0.6) is 0 Å². The third-order valence-corrected chi connectivity index (χ3v) is 1.10. The Kier molecular flexibility index (Phi) is 0.964. The SMILES string of the molecule is O=C(F)N1CCC1. The van der Waals surface area contributed by atoms with E-state index in [1.165, 1.54) is 4.90 Å². The van der Waals surface area contributed by atoms with Crippen LogP contribution >= 0.6 is 0 Å². The number of amides is 1. The van der Waals surface area contributed by atoms with Crippen LogP contribution in [0.15, 0.2) is 0 Å². The molecule has 0 radical (unpaired) electrons. The van der Waals surface area contributed by atoms with Gasteiger partial charge in [0.2, 0.25) is 0 Å². The Labute approximate surface area is 40.9 Å². The third kappa shape index (κ3) is 0.706. The van der Waals surface area contributed by atoms with Crippen molar-refractivity contribution in [3.8, 4) is 0 Å². The fraction of sp³-hybridized carbons (Fsp3) is 0.750. The fourth-order valence-corrected chi connectivity index (χ4v) is 0.492. The zero-order valence-corrected chi connectivity index (χ0v) is 3.85. The smallest absolute Gasteiger partial charge is 0.315 e. The summed E-state index contributed by atoms with van der Waals surface area (Å²) in [5.74, 6) is 0. The first-order chi connectivity index (χ1) is 3.30. The Morgan fingerprint density at radius 1 is 1.57 bits per heavy atom. The lowest BCUT2D eigenvalue weighted by Crippen LogP contribution is -2.39. The average Bonchev–Trinajstić information content (AvgIpc) is 1.23. The van der Waals surface area contributed by atoms with E-state index in [0.717, 1.165) is 6.42 Å². The minimum atomic E-state index is -1.29. The van der Waals surface area contributed by atoms with Crippen molar-refractivity contribution in [1.82, 2.24) is 4.90 Å². The van der Waals surface area contributed by atoms with Crippen molar-refractivity contribution in [2.75, 3.05) is 13.1 Å². The predicted molar refractivity (Wildman–Crippen MR) is 22.7 cm³/mol. The largest absolute Gasteiger partial charge is 0.400 e. The predicted octanol–water partition coefficient (Wildman–Crippen LogP) is 0.782. The van der Waals surface area contributed by atoms with E-state index in [9.17, 15) is 9.18 Å². The van der Waals surface area contributed by atoms with Crippen LogP contribution in [0, 0.1) is 0 Å². The van der Waals surface area contributed by atoms with Crippen molar-refractivity contribution < 1.29 is 9.18 Å². The zero-order valence-electron chi connectivity index (χ0n) is 3.85. The molecule has 0 aliphatic carbocycles. The quantitative estimate of drug-likeness (QED) is 0.327. The van der Waals surface area contributed by atoms with E-state index in [4.69, 9.17) is 0 Å². The molecule has 1 saturated heterocycles. The van der Waals surface area contributed by atoms with Gasteiger partial charge in [0.15, 0.2) is 0 Å². The molecule has 1 fully saturated rings. The van der Waals surface area contributed by atoms with Gasteiger partial charge in [-0.3, -0.25) is 0 Å². The van der Waals surface area contributed by atoms with Crippen LogP contribution in [-0.4, -0.2) is 24.2 Å². The zero-order chi connectivity index (χ0) is 5.28. The van der Waals surface area contributed by atoms with Crippen LogP contribution in [0.3, 0.4) is 0 Å². The maximum Gasteiger partial charge on any atom is 0.400 e. The van der Waals surface area contributed by atoms with Gasteiger partial charge in [0.25, 0.3) is 0 Å². The Morgan fingerprint density at radius 2 is 2.14 bits per heavy atom. The molecule has 7 heavy (non-hydrogen) atoms. The normalized spacial score (nSPS) is 18.7. The minimum absolute atomic E-state index is 0.606. The molecule has 0 N–H and O–H groups in total. The van der Waals surface area contributed by atoms with Gasteiger partial charge in [-0.15, -0.1) is 4.39 Å². The molecule has 1 amide bonds. The molecule has 0 aromatic heterocycles. The first-order valence-corrected chi connectivity index (χ1v) is 2.25. The van der Waals surface area contributed by atoms with E-state index in [2.05, 4.69) is 0 Å². The number of rotatable bonds is 0. The highest BCUT2D eigenvalue weighted by molar-refractivity contribution is 5.66. The lowest BCUT2D eigenvalue weighted by molar-refractivity contribution is 0.145. The monoisotopic (exact) mass is 103 g/mol. The van der Waals surface area contributed by atoms with Gasteiger partial charge in [-0.1, -0.05) is 0 Å². The van der Waals surface area contributed by atoms with Crippen LogP contribution in [0.2, 0.25) is 0 Å². The molecule has 0 spiro atoms. The second-order valence-corrected chi connectivity index (χ2v) is 1.59. The summed E-state index contributed by atoms with van der Waals surface area (Å²) < 4.78 is 11.4. The van der Waals surface area contributed by atoms with E-state index in [-0.39, 0.29) is 0 Å². The van der Waals surface area contributed by atoms with Gasteiger partial charge in [-0.2, -0.15) is 0 Å². The number of nitrogens with zero attached hydrogens (tertiary/aromatic N) is 1. The molecule has 0 atom stereocenters. The summed E-state index contributed by atoms with van der Waals surface area (Å²) in [6.07, 6.45) is -0.332. The van der Waals surface area contributed by atoms with Gasteiger partial charge in [-0.25, -0.2) is 4.79 Å². The van der Waals surface area contributed by atoms with Crippen molar-refractivity contribution >= 4 is 6.16 Å². The Bertz CT molecular complexity index is 89.7. The second kappa shape index (κ2) is 1.48. The van der Waals surface area contributed by atoms with Crippen LogP contribution in [0.25, 0.3) is 0 Å². The van der Waals surface area contributed by atoms with Crippen molar-refractivity contribution in [3.63, 3.8) is 0 Å². The van der Waals surface area contributed by atoms with Crippen molar-refractivity contribution in [3.05, 3.63) is 0 Å². The first-order valence-electron chi connectivity index (χ1n) is 2.25. The van der Waals surface area contributed by atoms with Gasteiger partial charge in [0.1, 0.15) is 0 Å². The summed E-state index contributed by atoms with van der Waals surface area (Å²) in [7, 11) is 0. The van der Waals surface area contributed by atoms with Crippen LogP contribution in [0.1, 0.15) is 6.42 Å². The average molecular weight is 103 g/mol. The van der Waals surface area contributed by atoms with Gasteiger partial charge in [0, 0.05) is 13.1 Å². The van der Waals surface area contributed by atoms with Crippen molar-refractivity contribution in [2.45, 2.75) is 6.42 Å². The molecule has 1 aliphatic heterocycles. The molecule has 40 valence electrons. The van der Waals surface area contributed by atoms with E-state index in [1.807, 2.05) is 0 Å². The maximum absolute atomic E-state index is 11.4. The van der Waals surface area contributed by atoms with E-state index >= 15 is 0 Å². The van der Waals surface area contributed by atoms with Crippen molar-refractivity contribution in [1.29, 1.82) is 0 Å². The van der Waals surface area contributed by atoms with Gasteiger partial charge < -0.3 is 4.90 Å². The number of likely N-dealkylation sites (tertiary alicyclic amines) is 1. The Morgan fingerprint density at radius 3 is 2.14 bits per heavy atom. The highest BCUT2D eigenvalue weighted by Gasteiger charge is 2.18. The van der Waals surface area contributed by atoms with Gasteiger partial charge >= 0.3 is 6.16 Å². The number of halogens is 1. The van der Waals surface area contributed by atoms with E-state index in [0.29, 0.717) is 13.1 Å². The molecule has 2 nitrogen and oxygen atoms in total. The van der Waals surface area contributed by atoms with Crippen LogP contribution < -0.4 is 0 Å². The summed E-state index contributed by atoms with van der Waals surface area (Å²) in [6, 6.07) is 0. The summed E-state index contributed by atoms with van der Waals surface area (Å²) >= 11 is 0. The summed E-state index contributed by atoms with van der Waals surface area (Å²) in [6.45, 7) is 1.21. The Hall–Kier alpha value is -0.600. The molecule has 0 aromatic carbocycles.